The summed E-state index contributed by atoms with van der Waals surface area (Å²) >= 11 is 0. The molecule has 0 bridgehead atoms. The largest absolute Gasteiger partial charge is 0.494 e. The van der Waals surface area contributed by atoms with Crippen LogP contribution >= 0.6 is 0 Å². The number of nitrogens with one attached hydrogen (secondary N) is 1. The second kappa shape index (κ2) is 10.9. The third-order valence-electron chi connectivity index (χ3n) is 5.81. The van der Waals surface area contributed by atoms with Gasteiger partial charge in [0.2, 0.25) is 16.0 Å². The lowest BCUT2D eigenvalue weighted by Crippen LogP contribution is -2.31. The molecular formula is C23H25FN8O5S. The Morgan fingerprint density at radius 1 is 0.947 bits per heavy atom. The maximum absolute atomic E-state index is 13.5. The van der Waals surface area contributed by atoms with Crippen LogP contribution in [0.4, 0.5) is 10.3 Å². The first-order chi connectivity index (χ1) is 18.2. The van der Waals surface area contributed by atoms with Crippen molar-refractivity contribution in [3.8, 4) is 34.7 Å². The van der Waals surface area contributed by atoms with E-state index < -0.39 is 27.0 Å². The molecule has 0 saturated carbocycles. The highest BCUT2D eigenvalue weighted by Crippen LogP contribution is 2.38. The summed E-state index contributed by atoms with van der Waals surface area (Å²) in [7, 11) is 0.238. The Hall–Kier alpha value is -4.40. The number of sulfonamides is 1. The lowest BCUT2D eigenvalue weighted by Gasteiger charge is -2.21. The molecule has 13 nitrogen and oxygen atoms in total. The van der Waals surface area contributed by atoms with Crippen LogP contribution in [0, 0.1) is 5.82 Å². The van der Waals surface area contributed by atoms with Gasteiger partial charge >= 0.3 is 6.01 Å². The molecule has 4 aromatic rings. The summed E-state index contributed by atoms with van der Waals surface area (Å²) in [5.74, 6) is -0.418. The molecule has 2 unspecified atom stereocenters. The number of ether oxygens (including phenoxy) is 3. The van der Waals surface area contributed by atoms with E-state index in [0.717, 1.165) is 12.4 Å². The molecule has 2 atom stereocenters. The number of hydrogen-bond donors (Lipinski definition) is 1. The second-order valence-electron chi connectivity index (χ2n) is 8.02. The van der Waals surface area contributed by atoms with Crippen molar-refractivity contribution in [1.29, 1.82) is 0 Å². The number of nitrogens with zero attached hydrogens (tertiary/aromatic N) is 7. The van der Waals surface area contributed by atoms with E-state index in [2.05, 4.69) is 34.9 Å². The maximum atomic E-state index is 13.5. The topological polar surface area (TPSA) is 156 Å². The minimum Gasteiger partial charge on any atom is -0.494 e. The number of anilines is 1. The van der Waals surface area contributed by atoms with Crippen molar-refractivity contribution < 1.29 is 27.0 Å². The van der Waals surface area contributed by atoms with E-state index in [9.17, 15) is 12.8 Å². The van der Waals surface area contributed by atoms with Crippen LogP contribution in [0.25, 0.3) is 17.2 Å². The molecule has 4 rings (SSSR count). The van der Waals surface area contributed by atoms with E-state index >= 15 is 0 Å². The van der Waals surface area contributed by atoms with Crippen LogP contribution < -0.4 is 18.9 Å². The van der Waals surface area contributed by atoms with E-state index in [-0.39, 0.29) is 23.6 Å². The lowest BCUT2D eigenvalue weighted by atomic mass is 10.1. The third kappa shape index (κ3) is 5.18. The van der Waals surface area contributed by atoms with E-state index in [0.29, 0.717) is 22.9 Å². The van der Waals surface area contributed by atoms with E-state index in [1.807, 2.05) is 0 Å². The van der Waals surface area contributed by atoms with Gasteiger partial charge in [0.25, 0.3) is 0 Å². The summed E-state index contributed by atoms with van der Waals surface area (Å²) in [6.07, 6.45) is 3.44. The first-order valence-electron chi connectivity index (χ1n) is 11.2. The zero-order valence-electron chi connectivity index (χ0n) is 21.2. The van der Waals surface area contributed by atoms with Crippen LogP contribution in [0.2, 0.25) is 0 Å². The molecule has 3 heterocycles. The Balaban J connectivity index is 1.84. The second-order valence-corrected chi connectivity index (χ2v) is 10.1. The SMILES string of the molecule is COc1nccc(-c2nnc(NS(=O)(=O)C(C)C(C)c3ncc(F)cn3)n2-c2c(OC)cccc2OC)n1. The smallest absolute Gasteiger partial charge is 0.316 e. The van der Waals surface area contributed by atoms with Crippen LogP contribution in [0.1, 0.15) is 25.6 Å². The van der Waals surface area contributed by atoms with Crippen LogP contribution in [0.5, 0.6) is 17.5 Å². The molecule has 1 N–H and O–H groups in total. The van der Waals surface area contributed by atoms with Crippen LogP contribution in [-0.2, 0) is 10.0 Å². The standard InChI is InChI=1S/C23H25FN8O5S/c1-13(20-26-11-15(24)12-27-20)14(2)38(33,34)31-22-30-29-21(16-9-10-25-23(28-16)37-5)32(22)19-17(35-3)7-6-8-18(19)36-4/h6-14H,1-5H3,(H,30,31). The summed E-state index contributed by atoms with van der Waals surface area (Å²) in [5, 5.41) is 7.28. The van der Waals surface area contributed by atoms with Crippen molar-refractivity contribution in [3.05, 3.63) is 54.5 Å². The van der Waals surface area contributed by atoms with Gasteiger partial charge in [0.05, 0.1) is 39.0 Å². The molecule has 0 amide bonds. The molecule has 0 radical (unpaired) electrons. The minimum absolute atomic E-state index is 0.0768. The fourth-order valence-electron chi connectivity index (χ4n) is 3.60. The molecule has 38 heavy (non-hydrogen) atoms. The van der Waals surface area contributed by atoms with Crippen LogP contribution in [0.3, 0.4) is 0 Å². The van der Waals surface area contributed by atoms with E-state index in [1.165, 1.54) is 39.0 Å². The Bertz CT molecular complexity index is 1510. The Labute approximate surface area is 218 Å². The van der Waals surface area contributed by atoms with Gasteiger partial charge < -0.3 is 14.2 Å². The van der Waals surface area contributed by atoms with Gasteiger partial charge in [0.1, 0.15) is 28.7 Å². The number of hydrogen-bond acceptors (Lipinski definition) is 11. The molecular weight excluding hydrogens is 519 g/mol. The molecule has 0 aliphatic carbocycles. The average molecular weight is 545 g/mol. The Morgan fingerprint density at radius 2 is 1.61 bits per heavy atom. The summed E-state index contributed by atoms with van der Waals surface area (Å²) < 4.78 is 60.4. The number of rotatable bonds is 10. The summed E-state index contributed by atoms with van der Waals surface area (Å²) in [4.78, 5) is 16.2. The predicted octanol–water partition coefficient (Wildman–Crippen LogP) is 2.61. The van der Waals surface area contributed by atoms with Crippen molar-refractivity contribution in [3.63, 3.8) is 0 Å². The van der Waals surface area contributed by atoms with Gasteiger partial charge in [-0.1, -0.05) is 13.0 Å². The van der Waals surface area contributed by atoms with Gasteiger partial charge in [0, 0.05) is 12.1 Å². The molecule has 15 heteroatoms. The van der Waals surface area contributed by atoms with Gasteiger partial charge in [-0.2, -0.15) is 4.98 Å². The quantitative estimate of drug-likeness (QED) is 0.313. The molecule has 1 aromatic carbocycles. The van der Waals surface area contributed by atoms with Gasteiger partial charge in [0.15, 0.2) is 11.6 Å². The zero-order valence-corrected chi connectivity index (χ0v) is 22.0. The highest BCUT2D eigenvalue weighted by molar-refractivity contribution is 7.93. The first-order valence-corrected chi connectivity index (χ1v) is 12.8. The number of halogens is 1. The van der Waals surface area contributed by atoms with Gasteiger partial charge in [-0.25, -0.2) is 27.8 Å². The third-order valence-corrected chi connectivity index (χ3v) is 7.66. The highest BCUT2D eigenvalue weighted by Gasteiger charge is 2.32. The predicted molar refractivity (Wildman–Crippen MR) is 134 cm³/mol. The normalized spacial score (nSPS) is 13.0. The first kappa shape index (κ1) is 26.7. The number of para-hydroxylation sites is 1. The molecule has 0 fully saturated rings. The highest BCUT2D eigenvalue weighted by atomic mass is 32.2. The summed E-state index contributed by atoms with van der Waals surface area (Å²) in [6, 6.07) is 6.72. The van der Waals surface area contributed by atoms with Crippen molar-refractivity contribution in [2.45, 2.75) is 25.0 Å². The lowest BCUT2D eigenvalue weighted by molar-refractivity contribution is 0.380. The average Bonchev–Trinajstić information content (AvgIpc) is 3.34. The van der Waals surface area contributed by atoms with E-state index in [4.69, 9.17) is 14.2 Å². The van der Waals surface area contributed by atoms with Gasteiger partial charge in [-0.05, 0) is 25.1 Å². The fourth-order valence-corrected chi connectivity index (χ4v) is 4.83. The Kier molecular flexibility index (Phi) is 7.66. The zero-order chi connectivity index (χ0) is 27.4. The van der Waals surface area contributed by atoms with Gasteiger partial charge in [-0.3, -0.25) is 9.29 Å². The molecule has 0 saturated heterocycles. The number of aromatic nitrogens is 7. The van der Waals surface area contributed by atoms with Crippen LogP contribution in [-0.4, -0.2) is 69.7 Å². The van der Waals surface area contributed by atoms with Gasteiger partial charge in [-0.15, -0.1) is 10.2 Å². The van der Waals surface area contributed by atoms with E-state index in [1.54, 1.807) is 31.2 Å². The van der Waals surface area contributed by atoms with Crippen molar-refractivity contribution in [1.82, 2.24) is 34.7 Å². The van der Waals surface area contributed by atoms with Crippen molar-refractivity contribution in [2.24, 2.45) is 0 Å². The monoisotopic (exact) mass is 544 g/mol. The molecule has 0 spiro atoms. The van der Waals surface area contributed by atoms with Crippen molar-refractivity contribution in [2.75, 3.05) is 26.1 Å². The van der Waals surface area contributed by atoms with Crippen molar-refractivity contribution >= 4 is 16.0 Å². The number of benzene rings is 1. The van der Waals surface area contributed by atoms with Crippen LogP contribution in [0.15, 0.2) is 42.9 Å². The molecule has 200 valence electrons. The molecule has 0 aliphatic heterocycles. The summed E-state index contributed by atoms with van der Waals surface area (Å²) in [5.41, 5.74) is 0.624. The molecule has 0 aliphatic rings. The maximum Gasteiger partial charge on any atom is 0.316 e. The fraction of sp³-hybridized carbons (Fsp3) is 0.304. The number of methoxy groups -OCH3 is 3. The minimum atomic E-state index is -4.11. The molecule has 3 aromatic heterocycles. The Morgan fingerprint density at radius 3 is 2.21 bits per heavy atom. The summed E-state index contributed by atoms with van der Waals surface area (Å²) in [6.45, 7) is 3.12.